The molecule has 2 heterocycles. The van der Waals surface area contributed by atoms with Gasteiger partial charge in [0.05, 0.1) is 18.8 Å². The van der Waals surface area contributed by atoms with Gasteiger partial charge in [0.1, 0.15) is 11.7 Å². The van der Waals surface area contributed by atoms with E-state index in [0.29, 0.717) is 6.42 Å². The van der Waals surface area contributed by atoms with E-state index < -0.39 is 17.9 Å². The zero-order chi connectivity index (χ0) is 19.5. The molecule has 0 aliphatic heterocycles. The van der Waals surface area contributed by atoms with Crippen molar-refractivity contribution in [2.45, 2.75) is 12.5 Å². The second-order valence-corrected chi connectivity index (χ2v) is 6.52. The number of carbonyl (C=O) groups is 2. The molecule has 140 valence electrons. The number of hydrogen-bond donors (Lipinski definition) is 2. The van der Waals surface area contributed by atoms with Crippen LogP contribution in [0.4, 0.5) is 0 Å². The maximum Gasteiger partial charge on any atom is 0.328 e. The minimum Gasteiger partial charge on any atom is -0.467 e. The molecule has 1 amide bonds. The third-order valence-electron chi connectivity index (χ3n) is 4.70. The van der Waals surface area contributed by atoms with Gasteiger partial charge in [0.15, 0.2) is 0 Å². The van der Waals surface area contributed by atoms with Crippen LogP contribution in [0.5, 0.6) is 0 Å². The first-order valence-corrected chi connectivity index (χ1v) is 8.95. The molecule has 4 rings (SSSR count). The molecule has 0 saturated carbocycles. The monoisotopic (exact) mass is 373 g/mol. The van der Waals surface area contributed by atoms with E-state index in [0.717, 1.165) is 27.4 Å². The fraction of sp³-hybridized carbons (Fsp3) is 0.136. The summed E-state index contributed by atoms with van der Waals surface area (Å²) in [5.41, 5.74) is 3.01. The van der Waals surface area contributed by atoms with Crippen molar-refractivity contribution < 1.29 is 14.3 Å². The summed E-state index contributed by atoms with van der Waals surface area (Å²) in [5, 5.41) is 4.68. The third kappa shape index (κ3) is 3.44. The summed E-state index contributed by atoms with van der Waals surface area (Å²) in [6.07, 6.45) is 1.98. The number of pyridine rings is 1. The first-order valence-electron chi connectivity index (χ1n) is 8.95. The van der Waals surface area contributed by atoms with Crippen LogP contribution >= 0.6 is 0 Å². The average Bonchev–Trinajstić information content (AvgIpc) is 3.11. The quantitative estimate of drug-likeness (QED) is 0.526. The van der Waals surface area contributed by atoms with E-state index in [9.17, 15) is 9.59 Å². The lowest BCUT2D eigenvalue weighted by atomic mass is 10.1. The SMILES string of the molecule is COC(=O)[C@H](Cc1ccccc1)NC(=O)c1cc2c(cn1)[nH]c1ccccc12. The van der Waals surface area contributed by atoms with Gasteiger partial charge in [0.2, 0.25) is 0 Å². The lowest BCUT2D eigenvalue weighted by molar-refractivity contribution is -0.142. The second kappa shape index (κ2) is 7.52. The minimum absolute atomic E-state index is 0.249. The van der Waals surface area contributed by atoms with Crippen LogP contribution in [0.2, 0.25) is 0 Å². The van der Waals surface area contributed by atoms with Crippen LogP contribution in [-0.4, -0.2) is 35.0 Å². The van der Waals surface area contributed by atoms with Gasteiger partial charge in [0.25, 0.3) is 5.91 Å². The van der Waals surface area contributed by atoms with E-state index in [4.69, 9.17) is 4.74 Å². The number of H-pyrrole nitrogens is 1. The molecular formula is C22H19N3O3. The second-order valence-electron chi connectivity index (χ2n) is 6.52. The molecule has 0 saturated heterocycles. The molecule has 6 heteroatoms. The van der Waals surface area contributed by atoms with Crippen LogP contribution in [0.25, 0.3) is 21.8 Å². The van der Waals surface area contributed by atoms with Crippen LogP contribution in [0, 0.1) is 0 Å². The number of amides is 1. The number of rotatable bonds is 5. The Labute approximate surface area is 161 Å². The zero-order valence-corrected chi connectivity index (χ0v) is 15.3. The summed E-state index contributed by atoms with van der Waals surface area (Å²) in [6.45, 7) is 0. The number of aromatic amines is 1. The van der Waals surface area contributed by atoms with Gasteiger partial charge in [-0.2, -0.15) is 0 Å². The smallest absolute Gasteiger partial charge is 0.328 e. The van der Waals surface area contributed by atoms with E-state index in [1.807, 2.05) is 54.6 Å². The number of fused-ring (bicyclic) bond motifs is 3. The lowest BCUT2D eigenvalue weighted by Crippen LogP contribution is -2.43. The van der Waals surface area contributed by atoms with Crippen LogP contribution in [0.1, 0.15) is 16.1 Å². The van der Waals surface area contributed by atoms with Crippen molar-refractivity contribution >= 4 is 33.7 Å². The Kier molecular flexibility index (Phi) is 4.76. The highest BCUT2D eigenvalue weighted by atomic mass is 16.5. The molecular weight excluding hydrogens is 354 g/mol. The number of ether oxygens (including phenoxy) is 1. The van der Waals surface area contributed by atoms with E-state index in [1.165, 1.54) is 7.11 Å². The Hall–Kier alpha value is -3.67. The average molecular weight is 373 g/mol. The summed E-state index contributed by atoms with van der Waals surface area (Å²) in [6, 6.07) is 18.3. The molecule has 2 aromatic carbocycles. The van der Waals surface area contributed by atoms with Gasteiger partial charge in [-0.25, -0.2) is 9.78 Å². The largest absolute Gasteiger partial charge is 0.467 e. The standard InChI is InChI=1S/C22H19N3O3/c1-28-22(27)19(11-14-7-3-2-4-8-14)25-21(26)18-12-16-15-9-5-6-10-17(15)24-20(16)13-23-18/h2-10,12-13,19,24H,11H2,1H3,(H,25,26)/t19-/m0/s1. The summed E-state index contributed by atoms with van der Waals surface area (Å²) >= 11 is 0. The maximum absolute atomic E-state index is 12.8. The molecule has 0 aliphatic rings. The summed E-state index contributed by atoms with van der Waals surface area (Å²) in [7, 11) is 1.31. The molecule has 0 fully saturated rings. The topological polar surface area (TPSA) is 84.1 Å². The van der Waals surface area contributed by atoms with Gasteiger partial charge >= 0.3 is 5.97 Å². The molecule has 6 nitrogen and oxygen atoms in total. The number of nitrogens with zero attached hydrogens (tertiary/aromatic N) is 1. The normalized spacial score (nSPS) is 12.0. The van der Waals surface area contributed by atoms with Crippen molar-refractivity contribution in [3.05, 3.63) is 78.1 Å². The van der Waals surface area contributed by atoms with Crippen LogP contribution in [0.3, 0.4) is 0 Å². The number of benzene rings is 2. The first kappa shape index (κ1) is 17.7. The number of methoxy groups -OCH3 is 1. The summed E-state index contributed by atoms with van der Waals surface area (Å²) in [5.74, 6) is -0.913. The predicted molar refractivity (Wildman–Crippen MR) is 107 cm³/mol. The Morgan fingerprint density at radius 3 is 2.57 bits per heavy atom. The van der Waals surface area contributed by atoms with E-state index in [1.54, 1.807) is 12.3 Å². The lowest BCUT2D eigenvalue weighted by Gasteiger charge is -2.16. The van der Waals surface area contributed by atoms with Gasteiger partial charge in [-0.15, -0.1) is 0 Å². The number of aromatic nitrogens is 2. The Morgan fingerprint density at radius 2 is 1.79 bits per heavy atom. The van der Waals surface area contributed by atoms with Crippen molar-refractivity contribution in [1.82, 2.24) is 15.3 Å². The highest BCUT2D eigenvalue weighted by molar-refractivity contribution is 6.09. The molecule has 1 atom stereocenters. The number of para-hydroxylation sites is 1. The number of hydrogen-bond acceptors (Lipinski definition) is 4. The zero-order valence-electron chi connectivity index (χ0n) is 15.3. The van der Waals surface area contributed by atoms with Gasteiger partial charge in [0, 0.05) is 22.7 Å². The molecule has 4 aromatic rings. The van der Waals surface area contributed by atoms with Gasteiger partial charge < -0.3 is 15.0 Å². The van der Waals surface area contributed by atoms with Crippen molar-refractivity contribution in [1.29, 1.82) is 0 Å². The van der Waals surface area contributed by atoms with E-state index in [2.05, 4.69) is 15.3 Å². The Morgan fingerprint density at radius 1 is 1.04 bits per heavy atom. The van der Waals surface area contributed by atoms with Gasteiger partial charge in [-0.1, -0.05) is 48.5 Å². The molecule has 0 bridgehead atoms. The first-order chi connectivity index (χ1) is 13.7. The molecule has 2 aromatic heterocycles. The van der Waals surface area contributed by atoms with Crippen molar-refractivity contribution in [3.8, 4) is 0 Å². The van der Waals surface area contributed by atoms with Crippen LogP contribution in [-0.2, 0) is 16.0 Å². The fourth-order valence-electron chi connectivity index (χ4n) is 3.29. The number of esters is 1. The molecule has 0 radical (unpaired) electrons. The van der Waals surface area contributed by atoms with Crippen molar-refractivity contribution in [2.24, 2.45) is 0 Å². The maximum atomic E-state index is 12.8. The highest BCUT2D eigenvalue weighted by Gasteiger charge is 2.23. The number of nitrogens with one attached hydrogen (secondary N) is 2. The summed E-state index contributed by atoms with van der Waals surface area (Å²) in [4.78, 5) is 32.5. The molecule has 2 N–H and O–H groups in total. The Bertz CT molecular complexity index is 1150. The molecule has 28 heavy (non-hydrogen) atoms. The molecule has 0 spiro atoms. The van der Waals surface area contributed by atoms with Gasteiger partial charge in [-0.3, -0.25) is 4.79 Å². The van der Waals surface area contributed by atoms with Crippen molar-refractivity contribution in [2.75, 3.05) is 7.11 Å². The minimum atomic E-state index is -0.791. The fourth-order valence-corrected chi connectivity index (χ4v) is 3.29. The van der Waals surface area contributed by atoms with Gasteiger partial charge in [-0.05, 0) is 17.7 Å². The van der Waals surface area contributed by atoms with E-state index in [-0.39, 0.29) is 5.69 Å². The summed E-state index contributed by atoms with van der Waals surface area (Å²) < 4.78 is 4.86. The van der Waals surface area contributed by atoms with Crippen LogP contribution in [0.15, 0.2) is 66.9 Å². The van der Waals surface area contributed by atoms with Crippen molar-refractivity contribution in [3.63, 3.8) is 0 Å². The molecule has 0 unspecified atom stereocenters. The van der Waals surface area contributed by atoms with Crippen LogP contribution < -0.4 is 5.32 Å². The highest BCUT2D eigenvalue weighted by Crippen LogP contribution is 2.25. The number of carbonyl (C=O) groups excluding carboxylic acids is 2. The third-order valence-corrected chi connectivity index (χ3v) is 4.70. The Balaban J connectivity index is 1.61. The van der Waals surface area contributed by atoms with E-state index >= 15 is 0 Å². The predicted octanol–water partition coefficient (Wildman–Crippen LogP) is 3.23. The molecule has 0 aliphatic carbocycles.